The summed E-state index contributed by atoms with van der Waals surface area (Å²) < 4.78 is 34.1. The lowest BCUT2D eigenvalue weighted by molar-refractivity contribution is -0.0381. The van der Waals surface area contributed by atoms with Crippen LogP contribution in [0.15, 0.2) is 30.9 Å². The Balaban J connectivity index is 2.43. The molecular weight excluding hydrogens is 252 g/mol. The fraction of sp³-hybridized carbons (Fsp3) is 0.385. The molecular formula is C13H15F2N3O. The molecule has 0 saturated carbocycles. The Bertz CT molecular complexity index is 539. The van der Waals surface area contributed by atoms with Crippen molar-refractivity contribution in [3.05, 3.63) is 48.1 Å². The van der Waals surface area contributed by atoms with Crippen LogP contribution in [0.4, 0.5) is 8.78 Å². The van der Waals surface area contributed by atoms with Crippen LogP contribution in [0.1, 0.15) is 18.9 Å². The Kier molecular flexibility index (Phi) is 3.90. The van der Waals surface area contributed by atoms with E-state index in [4.69, 9.17) is 4.74 Å². The van der Waals surface area contributed by atoms with E-state index in [0.29, 0.717) is 18.5 Å². The third-order valence-corrected chi connectivity index (χ3v) is 3.27. The number of hydrogen-bond acceptors (Lipinski definition) is 3. The molecule has 0 amide bonds. The van der Waals surface area contributed by atoms with Crippen molar-refractivity contribution in [2.75, 3.05) is 7.11 Å². The lowest BCUT2D eigenvalue weighted by Crippen LogP contribution is -2.34. The van der Waals surface area contributed by atoms with E-state index in [2.05, 4.69) is 10.1 Å². The summed E-state index contributed by atoms with van der Waals surface area (Å²) in [6.07, 6.45) is 3.45. The molecule has 1 atom stereocenters. The minimum atomic E-state index is -0.897. The largest absolute Gasteiger partial charge is 0.371 e. The maximum absolute atomic E-state index is 14.0. The summed E-state index contributed by atoms with van der Waals surface area (Å²) in [5, 5.41) is 4.00. The Morgan fingerprint density at radius 3 is 2.68 bits per heavy atom. The normalized spacial score (nSPS) is 14.3. The Morgan fingerprint density at radius 2 is 2.16 bits per heavy atom. The summed E-state index contributed by atoms with van der Waals surface area (Å²) in [5.41, 5.74) is -0.583. The smallest absolute Gasteiger partial charge is 0.137 e. The van der Waals surface area contributed by atoms with Crippen molar-refractivity contribution < 1.29 is 13.5 Å². The van der Waals surface area contributed by atoms with Crippen molar-refractivity contribution in [1.29, 1.82) is 0 Å². The third kappa shape index (κ3) is 2.63. The number of hydrogen-bond donors (Lipinski definition) is 0. The van der Waals surface area contributed by atoms with Crippen molar-refractivity contribution in [2.45, 2.75) is 25.5 Å². The summed E-state index contributed by atoms with van der Waals surface area (Å²) in [4.78, 5) is 3.85. The van der Waals surface area contributed by atoms with Gasteiger partial charge in [0.25, 0.3) is 0 Å². The second-order valence-corrected chi connectivity index (χ2v) is 4.27. The second kappa shape index (κ2) is 5.44. The average molecular weight is 267 g/mol. The quantitative estimate of drug-likeness (QED) is 0.835. The summed E-state index contributed by atoms with van der Waals surface area (Å²) in [6, 6.07) is 3.50. The molecule has 102 valence electrons. The van der Waals surface area contributed by atoms with Gasteiger partial charge in [-0.2, -0.15) is 5.10 Å². The number of aromatic nitrogens is 3. The molecule has 0 spiro atoms. The molecule has 1 aromatic heterocycles. The van der Waals surface area contributed by atoms with Gasteiger partial charge in [-0.1, -0.05) is 13.0 Å². The van der Waals surface area contributed by atoms with Crippen LogP contribution in [0, 0.1) is 11.6 Å². The zero-order valence-corrected chi connectivity index (χ0v) is 10.8. The van der Waals surface area contributed by atoms with Crippen LogP contribution in [-0.4, -0.2) is 21.9 Å². The van der Waals surface area contributed by atoms with Crippen molar-refractivity contribution in [2.24, 2.45) is 0 Å². The monoisotopic (exact) mass is 267 g/mol. The minimum absolute atomic E-state index is 0.308. The minimum Gasteiger partial charge on any atom is -0.371 e. The molecule has 1 heterocycles. The van der Waals surface area contributed by atoms with Crippen LogP contribution in [0.5, 0.6) is 0 Å². The highest BCUT2D eigenvalue weighted by Crippen LogP contribution is 2.32. The van der Waals surface area contributed by atoms with Gasteiger partial charge >= 0.3 is 0 Å². The topological polar surface area (TPSA) is 39.9 Å². The number of rotatable bonds is 5. The van der Waals surface area contributed by atoms with Gasteiger partial charge in [0.1, 0.15) is 29.9 Å². The highest BCUT2D eigenvalue weighted by atomic mass is 19.1. The van der Waals surface area contributed by atoms with Crippen molar-refractivity contribution in [1.82, 2.24) is 14.8 Å². The van der Waals surface area contributed by atoms with Gasteiger partial charge in [-0.3, -0.25) is 0 Å². The number of benzene rings is 1. The molecule has 19 heavy (non-hydrogen) atoms. The van der Waals surface area contributed by atoms with E-state index in [1.165, 1.54) is 31.9 Å². The molecule has 0 aliphatic rings. The highest BCUT2D eigenvalue weighted by Gasteiger charge is 2.34. The van der Waals surface area contributed by atoms with E-state index in [9.17, 15) is 8.78 Å². The van der Waals surface area contributed by atoms with Gasteiger partial charge in [-0.15, -0.1) is 0 Å². The molecule has 4 nitrogen and oxygen atoms in total. The second-order valence-electron chi connectivity index (χ2n) is 4.27. The maximum atomic E-state index is 14.0. The molecule has 1 unspecified atom stereocenters. The fourth-order valence-corrected chi connectivity index (χ4v) is 2.14. The standard InChI is InChI=1S/C13H15F2N3O/c1-3-13(19-2,7-18-9-16-8-17-18)11-5-4-10(14)6-12(11)15/h4-6,8-9H,3,7H2,1-2H3. The molecule has 0 fully saturated rings. The van der Waals surface area contributed by atoms with E-state index >= 15 is 0 Å². The first-order valence-corrected chi connectivity index (χ1v) is 5.94. The molecule has 0 bridgehead atoms. The van der Waals surface area contributed by atoms with Crippen LogP contribution in [0.3, 0.4) is 0 Å². The van der Waals surface area contributed by atoms with Crippen LogP contribution >= 0.6 is 0 Å². The van der Waals surface area contributed by atoms with Crippen LogP contribution < -0.4 is 0 Å². The lowest BCUT2D eigenvalue weighted by Gasteiger charge is -2.32. The molecule has 0 N–H and O–H groups in total. The summed E-state index contributed by atoms with van der Waals surface area (Å²) in [7, 11) is 1.50. The van der Waals surface area contributed by atoms with Gasteiger partial charge in [0.05, 0.1) is 6.54 Å². The average Bonchev–Trinajstić information content (AvgIpc) is 2.89. The SMILES string of the molecule is CCC(Cn1cncn1)(OC)c1ccc(F)cc1F. The predicted molar refractivity (Wildman–Crippen MR) is 65.4 cm³/mol. The van der Waals surface area contributed by atoms with E-state index < -0.39 is 17.2 Å². The van der Waals surface area contributed by atoms with Crippen molar-refractivity contribution in [3.63, 3.8) is 0 Å². The Hall–Kier alpha value is -1.82. The summed E-state index contributed by atoms with van der Waals surface area (Å²) in [6.45, 7) is 2.19. The molecule has 1 aromatic carbocycles. The lowest BCUT2D eigenvalue weighted by atomic mass is 9.90. The molecule has 0 radical (unpaired) electrons. The van der Waals surface area contributed by atoms with Crippen LogP contribution in [0.2, 0.25) is 0 Å². The van der Waals surface area contributed by atoms with E-state index in [0.717, 1.165) is 6.07 Å². The third-order valence-electron chi connectivity index (χ3n) is 3.27. The Labute approximate surface area is 110 Å². The first kappa shape index (κ1) is 13.6. The first-order chi connectivity index (χ1) is 9.11. The van der Waals surface area contributed by atoms with E-state index in [1.54, 1.807) is 4.68 Å². The van der Waals surface area contributed by atoms with Gasteiger partial charge in [0.15, 0.2) is 0 Å². The zero-order valence-electron chi connectivity index (χ0n) is 10.8. The number of halogens is 2. The number of nitrogens with zero attached hydrogens (tertiary/aromatic N) is 3. The van der Waals surface area contributed by atoms with Crippen molar-refractivity contribution in [3.8, 4) is 0 Å². The van der Waals surface area contributed by atoms with Gasteiger partial charge < -0.3 is 4.74 Å². The zero-order chi connectivity index (χ0) is 13.9. The number of ether oxygens (including phenoxy) is 1. The van der Waals surface area contributed by atoms with Gasteiger partial charge in [0.2, 0.25) is 0 Å². The number of methoxy groups -OCH3 is 1. The predicted octanol–water partition coefficient (Wildman–Crippen LogP) is 2.51. The Morgan fingerprint density at radius 1 is 1.37 bits per heavy atom. The molecule has 6 heteroatoms. The van der Waals surface area contributed by atoms with E-state index in [1.807, 2.05) is 6.92 Å². The van der Waals surface area contributed by atoms with Crippen LogP contribution in [-0.2, 0) is 16.9 Å². The van der Waals surface area contributed by atoms with Gasteiger partial charge in [-0.05, 0) is 12.5 Å². The summed E-state index contributed by atoms with van der Waals surface area (Å²) >= 11 is 0. The highest BCUT2D eigenvalue weighted by molar-refractivity contribution is 5.25. The van der Waals surface area contributed by atoms with Crippen molar-refractivity contribution >= 4 is 0 Å². The van der Waals surface area contributed by atoms with E-state index in [-0.39, 0.29) is 0 Å². The molecule has 0 aliphatic heterocycles. The molecule has 2 aromatic rings. The molecule has 0 aliphatic carbocycles. The van der Waals surface area contributed by atoms with Crippen LogP contribution in [0.25, 0.3) is 0 Å². The fourth-order valence-electron chi connectivity index (χ4n) is 2.14. The molecule has 2 rings (SSSR count). The first-order valence-electron chi connectivity index (χ1n) is 5.94. The summed E-state index contributed by atoms with van der Waals surface area (Å²) in [5.74, 6) is -1.23. The molecule has 0 saturated heterocycles. The van der Waals surface area contributed by atoms with Gasteiger partial charge in [-0.25, -0.2) is 18.4 Å². The van der Waals surface area contributed by atoms with Gasteiger partial charge in [0, 0.05) is 18.7 Å². The maximum Gasteiger partial charge on any atom is 0.137 e.